The molecular formula is C19H30NO4+. The number of quaternary nitrogens is 1. The van der Waals surface area contributed by atoms with E-state index >= 15 is 0 Å². The van der Waals surface area contributed by atoms with E-state index in [1.165, 1.54) is 4.90 Å². The second-order valence-electron chi connectivity index (χ2n) is 6.40. The van der Waals surface area contributed by atoms with Gasteiger partial charge < -0.3 is 19.1 Å². The van der Waals surface area contributed by atoms with E-state index < -0.39 is 0 Å². The molecule has 24 heavy (non-hydrogen) atoms. The summed E-state index contributed by atoms with van der Waals surface area (Å²) < 4.78 is 17.1. The molecule has 1 heterocycles. The lowest BCUT2D eigenvalue weighted by atomic mass is 10.1. The smallest absolute Gasteiger partial charge is 0.166 e. The van der Waals surface area contributed by atoms with Gasteiger partial charge in [0.05, 0.1) is 18.8 Å². The Morgan fingerprint density at radius 3 is 2.58 bits per heavy atom. The number of Topliss-reactive ketones (excluding diaryl/α,β-unsaturated/α-hetero) is 1. The molecule has 1 saturated heterocycles. The van der Waals surface area contributed by atoms with Gasteiger partial charge >= 0.3 is 0 Å². The molecule has 1 N–H and O–H groups in total. The third-order valence-electron chi connectivity index (χ3n) is 4.21. The van der Waals surface area contributed by atoms with Crippen LogP contribution in [0, 0.1) is 0 Å². The highest BCUT2D eigenvalue weighted by molar-refractivity contribution is 5.98. The Hall–Kier alpha value is -1.43. The highest BCUT2D eigenvalue weighted by atomic mass is 16.5. The van der Waals surface area contributed by atoms with Gasteiger partial charge in [0.25, 0.3) is 0 Å². The maximum atomic E-state index is 11.9. The highest BCUT2D eigenvalue weighted by Crippen LogP contribution is 2.19. The molecule has 1 fully saturated rings. The predicted octanol–water partition coefficient (Wildman–Crippen LogP) is 1.37. The van der Waals surface area contributed by atoms with Crippen LogP contribution in [0.5, 0.6) is 5.75 Å². The molecule has 2 rings (SSSR count). The van der Waals surface area contributed by atoms with E-state index in [0.717, 1.165) is 19.6 Å². The van der Waals surface area contributed by atoms with Crippen LogP contribution < -0.4 is 9.64 Å². The second-order valence-corrected chi connectivity index (χ2v) is 6.40. The Bertz CT molecular complexity index is 510. The average molecular weight is 336 g/mol. The molecule has 134 valence electrons. The van der Waals surface area contributed by atoms with Crippen LogP contribution in [0.15, 0.2) is 24.3 Å². The molecule has 5 nitrogen and oxygen atoms in total. The number of carbonyl (C=O) groups is 1. The number of nitrogens with one attached hydrogen (secondary N) is 1. The van der Waals surface area contributed by atoms with Crippen LogP contribution >= 0.6 is 0 Å². The fraction of sp³-hybridized carbons (Fsp3) is 0.632. The third kappa shape index (κ3) is 5.89. The fourth-order valence-corrected chi connectivity index (χ4v) is 3.14. The van der Waals surface area contributed by atoms with E-state index in [9.17, 15) is 4.79 Å². The molecule has 0 radical (unpaired) electrons. The summed E-state index contributed by atoms with van der Waals surface area (Å²) in [6.07, 6.45) is 1.12. The Labute approximate surface area is 144 Å². The Morgan fingerprint density at radius 2 is 1.88 bits per heavy atom. The Balaban J connectivity index is 1.64. The van der Waals surface area contributed by atoms with Crippen molar-refractivity contribution in [2.75, 3.05) is 39.5 Å². The summed E-state index contributed by atoms with van der Waals surface area (Å²) >= 11 is 0. The number of ketones is 1. The summed E-state index contributed by atoms with van der Waals surface area (Å²) in [5, 5.41) is 0. The largest absolute Gasteiger partial charge is 0.490 e. The van der Waals surface area contributed by atoms with Crippen LogP contribution in [0.3, 0.4) is 0 Å². The summed E-state index contributed by atoms with van der Waals surface area (Å²) in [4.78, 5) is 13.4. The van der Waals surface area contributed by atoms with Gasteiger partial charge in [0.2, 0.25) is 0 Å². The fourth-order valence-electron chi connectivity index (χ4n) is 3.14. The van der Waals surface area contributed by atoms with Gasteiger partial charge in [-0.3, -0.25) is 4.79 Å². The molecule has 1 aliphatic heterocycles. The minimum Gasteiger partial charge on any atom is -0.490 e. The van der Waals surface area contributed by atoms with Gasteiger partial charge in [-0.2, -0.15) is 0 Å². The van der Waals surface area contributed by atoms with Crippen molar-refractivity contribution in [1.82, 2.24) is 0 Å². The lowest BCUT2D eigenvalue weighted by Gasteiger charge is -2.32. The second kappa shape index (κ2) is 9.77. The summed E-state index contributed by atoms with van der Waals surface area (Å²) in [5.74, 6) is 0.750. The third-order valence-corrected chi connectivity index (χ3v) is 4.21. The summed E-state index contributed by atoms with van der Waals surface area (Å²) in [7, 11) is 0. The quantitative estimate of drug-likeness (QED) is 0.547. The van der Waals surface area contributed by atoms with Crippen molar-refractivity contribution in [1.29, 1.82) is 0 Å². The maximum Gasteiger partial charge on any atom is 0.166 e. The van der Waals surface area contributed by atoms with Gasteiger partial charge in [-0.15, -0.1) is 0 Å². The molecule has 5 heteroatoms. The van der Waals surface area contributed by atoms with Gasteiger partial charge in [-0.1, -0.05) is 19.1 Å². The first-order valence-corrected chi connectivity index (χ1v) is 8.92. The number of benzene rings is 1. The molecule has 0 aromatic heterocycles. The van der Waals surface area contributed by atoms with Crippen molar-refractivity contribution >= 4 is 5.78 Å². The van der Waals surface area contributed by atoms with Crippen LogP contribution in [0.25, 0.3) is 0 Å². The zero-order valence-electron chi connectivity index (χ0n) is 15.0. The van der Waals surface area contributed by atoms with Crippen molar-refractivity contribution in [3.05, 3.63) is 29.8 Å². The summed E-state index contributed by atoms with van der Waals surface area (Å²) in [6, 6.07) is 7.39. The molecule has 1 aromatic rings. The summed E-state index contributed by atoms with van der Waals surface area (Å²) in [5.41, 5.74) is 0.653. The Kier molecular flexibility index (Phi) is 7.69. The van der Waals surface area contributed by atoms with Crippen LogP contribution in [0.2, 0.25) is 0 Å². The molecule has 0 saturated carbocycles. The SMILES string of the molecule is CCC(=O)c1ccccc1OCCOCC[NH+]1C[C@H](C)O[C@@H](C)C1. The number of ether oxygens (including phenoxy) is 3. The van der Waals surface area contributed by atoms with Gasteiger partial charge in [-0.05, 0) is 26.0 Å². The number of morpholine rings is 1. The Morgan fingerprint density at radius 1 is 1.17 bits per heavy atom. The number of para-hydroxylation sites is 1. The first-order valence-electron chi connectivity index (χ1n) is 8.92. The van der Waals surface area contributed by atoms with Crippen molar-refractivity contribution in [2.24, 2.45) is 0 Å². The number of hydrogen-bond donors (Lipinski definition) is 1. The van der Waals surface area contributed by atoms with Gasteiger partial charge in [0.1, 0.15) is 44.2 Å². The molecular weight excluding hydrogens is 306 g/mol. The minimum atomic E-state index is 0.102. The van der Waals surface area contributed by atoms with Crippen molar-refractivity contribution in [3.63, 3.8) is 0 Å². The van der Waals surface area contributed by atoms with Crippen molar-refractivity contribution < 1.29 is 23.9 Å². The molecule has 0 amide bonds. The van der Waals surface area contributed by atoms with Crippen LogP contribution in [-0.4, -0.2) is 57.4 Å². The zero-order chi connectivity index (χ0) is 17.4. The average Bonchev–Trinajstić information content (AvgIpc) is 2.56. The molecule has 1 aliphatic rings. The first kappa shape index (κ1) is 18.9. The standard InChI is InChI=1S/C19H29NO4/c1-4-18(21)17-7-5-6-8-19(17)23-12-11-22-10-9-20-13-15(2)24-16(3)14-20/h5-8,15-16H,4,9-14H2,1-3H3/p+1/t15-,16-/m0/s1. The zero-order valence-corrected chi connectivity index (χ0v) is 15.0. The van der Waals surface area contributed by atoms with Crippen LogP contribution in [0.1, 0.15) is 37.6 Å². The molecule has 2 atom stereocenters. The molecule has 0 aliphatic carbocycles. The van der Waals surface area contributed by atoms with E-state index in [1.807, 2.05) is 31.2 Å². The van der Waals surface area contributed by atoms with E-state index in [4.69, 9.17) is 14.2 Å². The lowest BCUT2D eigenvalue weighted by Crippen LogP contribution is -3.15. The van der Waals surface area contributed by atoms with E-state index in [0.29, 0.717) is 49.8 Å². The molecule has 0 spiro atoms. The van der Waals surface area contributed by atoms with Crippen LogP contribution in [0.4, 0.5) is 0 Å². The van der Waals surface area contributed by atoms with Crippen molar-refractivity contribution in [2.45, 2.75) is 39.4 Å². The topological polar surface area (TPSA) is 49.2 Å². The van der Waals surface area contributed by atoms with E-state index in [1.54, 1.807) is 0 Å². The lowest BCUT2D eigenvalue weighted by molar-refractivity contribution is -0.915. The predicted molar refractivity (Wildman–Crippen MR) is 93.0 cm³/mol. The van der Waals surface area contributed by atoms with Crippen LogP contribution in [-0.2, 0) is 9.47 Å². The maximum absolute atomic E-state index is 11.9. The molecule has 0 bridgehead atoms. The van der Waals surface area contributed by atoms with Gasteiger partial charge in [0, 0.05) is 6.42 Å². The van der Waals surface area contributed by atoms with Gasteiger partial charge in [0.15, 0.2) is 5.78 Å². The number of hydrogen-bond acceptors (Lipinski definition) is 4. The monoisotopic (exact) mass is 336 g/mol. The normalized spacial score (nSPS) is 23.9. The highest BCUT2D eigenvalue weighted by Gasteiger charge is 2.24. The first-order chi connectivity index (χ1) is 11.6. The number of rotatable bonds is 9. The van der Waals surface area contributed by atoms with Crippen molar-refractivity contribution in [3.8, 4) is 5.75 Å². The van der Waals surface area contributed by atoms with E-state index in [2.05, 4.69) is 13.8 Å². The number of carbonyl (C=O) groups excluding carboxylic acids is 1. The summed E-state index contributed by atoms with van der Waals surface area (Å²) in [6.45, 7) is 10.9. The minimum absolute atomic E-state index is 0.102. The van der Waals surface area contributed by atoms with Gasteiger partial charge in [-0.25, -0.2) is 0 Å². The van der Waals surface area contributed by atoms with E-state index in [-0.39, 0.29) is 5.78 Å². The molecule has 0 unspecified atom stereocenters. The molecule has 1 aromatic carbocycles.